The number of halogens is 1. The lowest BCUT2D eigenvalue weighted by Gasteiger charge is -2.50. The van der Waals surface area contributed by atoms with Crippen LogP contribution in [0.15, 0.2) is 84.4 Å². The fraction of sp³-hybridized carbons (Fsp3) is 0.265. The van der Waals surface area contributed by atoms with Gasteiger partial charge >= 0.3 is 6.03 Å². The van der Waals surface area contributed by atoms with E-state index in [1.807, 2.05) is 31.2 Å². The number of hydrogen-bond donors (Lipinski definition) is 3. The number of likely N-dealkylation sites (tertiary alicyclic amines) is 1. The van der Waals surface area contributed by atoms with Gasteiger partial charge in [-0.1, -0.05) is 77.3 Å². The second kappa shape index (κ2) is 10.3. The summed E-state index contributed by atoms with van der Waals surface area (Å²) in [6.07, 6.45) is 2.06. The number of phenolic OH excluding ortho intramolecular Hbond substituents is 1. The van der Waals surface area contributed by atoms with Crippen LogP contribution in [0.25, 0.3) is 0 Å². The number of hydrazine groups is 1. The summed E-state index contributed by atoms with van der Waals surface area (Å²) in [6.45, 7) is 1.93. The van der Waals surface area contributed by atoms with Crippen molar-refractivity contribution in [1.82, 2.24) is 9.91 Å². The molecule has 2 aliphatic heterocycles. The number of hydrogen-bond acceptors (Lipinski definition) is 7. The van der Waals surface area contributed by atoms with Gasteiger partial charge in [0.05, 0.1) is 28.9 Å². The number of aromatic hydroxyl groups is 1. The summed E-state index contributed by atoms with van der Waals surface area (Å²) in [5.74, 6) is -6.71. The fourth-order valence-corrected chi connectivity index (χ4v) is 8.34. The van der Waals surface area contributed by atoms with E-state index in [-0.39, 0.29) is 23.6 Å². The lowest BCUT2D eigenvalue weighted by atomic mass is 9.49. The summed E-state index contributed by atoms with van der Waals surface area (Å²) >= 11 is 6.82. The Morgan fingerprint density at radius 3 is 2.33 bits per heavy atom. The Balaban J connectivity index is 1.47. The van der Waals surface area contributed by atoms with Gasteiger partial charge < -0.3 is 10.8 Å². The Bertz CT molecular complexity index is 1830. The van der Waals surface area contributed by atoms with Gasteiger partial charge in [0.2, 0.25) is 11.8 Å². The second-order valence-corrected chi connectivity index (χ2v) is 12.6. The molecule has 2 aliphatic carbocycles. The van der Waals surface area contributed by atoms with E-state index in [0.29, 0.717) is 27.3 Å². The molecule has 2 heterocycles. The first-order valence-corrected chi connectivity index (χ1v) is 15.1. The number of carbonyl (C=O) groups excluding carboxylic acids is 5. The van der Waals surface area contributed by atoms with Crippen LogP contribution in [0.2, 0.25) is 5.02 Å². The molecular formula is C34H29ClN4O6. The van der Waals surface area contributed by atoms with E-state index in [9.17, 15) is 29.1 Å². The number of nitrogens with two attached hydrogens (primary N) is 1. The average molecular weight is 625 g/mol. The molecule has 1 saturated carbocycles. The van der Waals surface area contributed by atoms with Gasteiger partial charge in [0.25, 0.3) is 11.8 Å². The van der Waals surface area contributed by atoms with Gasteiger partial charge in [-0.15, -0.1) is 0 Å². The van der Waals surface area contributed by atoms with E-state index in [2.05, 4.69) is 5.43 Å². The molecule has 0 unspecified atom stereocenters. The van der Waals surface area contributed by atoms with Gasteiger partial charge in [-0.2, -0.15) is 9.91 Å². The summed E-state index contributed by atoms with van der Waals surface area (Å²) in [7, 11) is 0. The quantitative estimate of drug-likeness (QED) is 0.287. The first-order chi connectivity index (χ1) is 21.5. The number of rotatable bonds is 4. The molecule has 228 valence electrons. The molecule has 4 aliphatic rings. The molecule has 7 rings (SSSR count). The first kappa shape index (κ1) is 28.8. The number of fused-ring (bicyclic) bond motifs is 4. The third-order valence-corrected chi connectivity index (χ3v) is 10.2. The molecule has 10 nitrogen and oxygen atoms in total. The lowest BCUT2D eigenvalue weighted by Crippen LogP contribution is -2.53. The van der Waals surface area contributed by atoms with Crippen molar-refractivity contribution in [2.24, 2.45) is 29.4 Å². The van der Waals surface area contributed by atoms with Crippen LogP contribution in [-0.4, -0.2) is 44.7 Å². The van der Waals surface area contributed by atoms with E-state index in [4.69, 9.17) is 17.3 Å². The summed E-state index contributed by atoms with van der Waals surface area (Å²) in [4.78, 5) is 69.1. The minimum atomic E-state index is -1.50. The van der Waals surface area contributed by atoms with Crippen LogP contribution in [0, 0.1) is 30.6 Å². The van der Waals surface area contributed by atoms with Crippen LogP contribution in [-0.2, 0) is 24.6 Å². The van der Waals surface area contributed by atoms with Crippen LogP contribution < -0.4 is 11.2 Å². The monoisotopic (exact) mass is 624 g/mol. The molecule has 0 radical (unpaired) electrons. The number of amides is 6. The summed E-state index contributed by atoms with van der Waals surface area (Å²) in [6, 6.07) is 19.6. The van der Waals surface area contributed by atoms with Crippen molar-refractivity contribution in [1.29, 1.82) is 0 Å². The molecule has 0 bridgehead atoms. The van der Waals surface area contributed by atoms with Gasteiger partial charge in [0.1, 0.15) is 5.75 Å². The van der Waals surface area contributed by atoms with Crippen LogP contribution >= 0.6 is 11.6 Å². The highest BCUT2D eigenvalue weighted by Gasteiger charge is 2.70. The number of carbonyl (C=O) groups is 5. The zero-order valence-electron chi connectivity index (χ0n) is 24.1. The minimum Gasteiger partial charge on any atom is -0.508 e. The average Bonchev–Trinajstić information content (AvgIpc) is 3.40. The third-order valence-electron chi connectivity index (χ3n) is 9.91. The summed E-state index contributed by atoms with van der Waals surface area (Å²) in [5, 5.41) is 11.5. The molecular weight excluding hydrogens is 596 g/mol. The smallest absolute Gasteiger partial charge is 0.328 e. The molecule has 3 aromatic rings. The zero-order valence-corrected chi connectivity index (χ0v) is 24.9. The van der Waals surface area contributed by atoms with Gasteiger partial charge in [0.15, 0.2) is 0 Å². The fourth-order valence-electron chi connectivity index (χ4n) is 8.06. The first-order valence-electron chi connectivity index (χ1n) is 14.7. The predicted molar refractivity (Wildman–Crippen MR) is 163 cm³/mol. The molecule has 3 fully saturated rings. The standard InChI is InChI=1S/C34H29ClN4O6/c1-17-7-9-19(10-8-17)37-39-30(42)25-16-24-21(13-14-23-27(24)31(43)38(29(23)41)33(36)45)28(22-12-11-20(40)15-26(22)35)34(25,32(39)44)18-5-3-2-4-6-18/h2-13,15,23-25,27-28,37,40H,14,16H2,1H3,(H2,36,45)/t23-,24+,25-,27-,28+,34+/m0/s1. The minimum absolute atomic E-state index is 0.0658. The van der Waals surface area contributed by atoms with E-state index in [1.165, 1.54) is 12.1 Å². The van der Waals surface area contributed by atoms with Crippen molar-refractivity contribution in [2.75, 3.05) is 5.43 Å². The third kappa shape index (κ3) is 4.05. The SMILES string of the molecule is Cc1ccc(NN2C(=O)[C@@H]3C[C@@H]4C(=CC[C@@H]5C(=O)N(C(N)=O)C(=O)[C@@H]54)[C@H](c4ccc(O)cc4Cl)[C@]3(c3ccccc3)C2=O)cc1. The number of imide groups is 4. The van der Waals surface area contributed by atoms with Crippen LogP contribution in [0.4, 0.5) is 10.5 Å². The van der Waals surface area contributed by atoms with E-state index in [1.54, 1.807) is 42.5 Å². The molecule has 0 aromatic heterocycles. The Labute approximate surface area is 263 Å². The molecule has 6 atom stereocenters. The second-order valence-electron chi connectivity index (χ2n) is 12.1. The van der Waals surface area contributed by atoms with Crippen molar-refractivity contribution in [3.63, 3.8) is 0 Å². The number of allylic oxidation sites excluding steroid dienone is 2. The summed E-state index contributed by atoms with van der Waals surface area (Å²) < 4.78 is 0. The molecule has 6 amide bonds. The van der Waals surface area contributed by atoms with E-state index in [0.717, 1.165) is 10.6 Å². The normalized spacial score (nSPS) is 28.8. The number of primary amides is 1. The van der Waals surface area contributed by atoms with Gasteiger partial charge in [0, 0.05) is 10.9 Å². The summed E-state index contributed by atoms with van der Waals surface area (Å²) in [5.41, 5.74) is 10.3. The maximum Gasteiger partial charge on any atom is 0.328 e. The maximum atomic E-state index is 15.0. The van der Waals surface area contributed by atoms with Crippen molar-refractivity contribution < 1.29 is 29.1 Å². The van der Waals surface area contributed by atoms with Crippen LogP contribution in [0.5, 0.6) is 5.75 Å². The van der Waals surface area contributed by atoms with Crippen LogP contribution in [0.1, 0.15) is 35.4 Å². The lowest BCUT2D eigenvalue weighted by molar-refractivity contribution is -0.139. The van der Waals surface area contributed by atoms with Gasteiger partial charge in [-0.25, -0.2) is 4.79 Å². The van der Waals surface area contributed by atoms with E-state index < -0.39 is 64.7 Å². The highest BCUT2D eigenvalue weighted by molar-refractivity contribution is 6.31. The van der Waals surface area contributed by atoms with Gasteiger partial charge in [-0.3, -0.25) is 24.6 Å². The molecule has 2 saturated heterocycles. The number of benzene rings is 3. The van der Waals surface area contributed by atoms with Crippen molar-refractivity contribution >= 4 is 46.9 Å². The molecule has 4 N–H and O–H groups in total. The number of urea groups is 1. The Kier molecular flexibility index (Phi) is 6.59. The van der Waals surface area contributed by atoms with Crippen molar-refractivity contribution in [3.8, 4) is 5.75 Å². The largest absolute Gasteiger partial charge is 0.508 e. The topological polar surface area (TPSA) is 150 Å². The highest BCUT2D eigenvalue weighted by Crippen LogP contribution is 2.64. The zero-order chi connectivity index (χ0) is 31.8. The molecule has 0 spiro atoms. The van der Waals surface area contributed by atoms with Crippen molar-refractivity contribution in [3.05, 3.63) is 106 Å². The predicted octanol–water partition coefficient (Wildman–Crippen LogP) is 4.42. The number of anilines is 1. The maximum absolute atomic E-state index is 15.0. The highest BCUT2D eigenvalue weighted by atomic mass is 35.5. The Morgan fingerprint density at radius 1 is 0.956 bits per heavy atom. The Hall–Kier alpha value is -4.96. The van der Waals surface area contributed by atoms with Crippen molar-refractivity contribution in [2.45, 2.75) is 31.1 Å². The molecule has 11 heteroatoms. The Morgan fingerprint density at radius 2 is 1.67 bits per heavy atom. The number of phenols is 1. The van der Waals surface area contributed by atoms with E-state index >= 15 is 0 Å². The van der Waals surface area contributed by atoms with Gasteiger partial charge in [-0.05, 0) is 61.1 Å². The number of nitrogens with zero attached hydrogens (tertiary/aromatic N) is 2. The molecule has 3 aromatic carbocycles. The number of nitrogens with one attached hydrogen (secondary N) is 1. The molecule has 45 heavy (non-hydrogen) atoms. The van der Waals surface area contributed by atoms with Crippen LogP contribution in [0.3, 0.4) is 0 Å². The number of aryl methyl sites for hydroxylation is 1.